The van der Waals surface area contributed by atoms with E-state index in [0.29, 0.717) is 74.7 Å². The van der Waals surface area contributed by atoms with Gasteiger partial charge in [-0.1, -0.05) is 23.4 Å². The van der Waals surface area contributed by atoms with E-state index in [1.54, 1.807) is 14.5 Å². The number of nitrogens with zero attached hydrogens (tertiary/aromatic N) is 5. The molecule has 3 aliphatic heterocycles. The summed E-state index contributed by atoms with van der Waals surface area (Å²) < 4.78 is 7.82. The lowest BCUT2D eigenvalue weighted by Crippen LogP contribution is -2.61. The van der Waals surface area contributed by atoms with Crippen LogP contribution in [0.25, 0.3) is 11.3 Å². The highest BCUT2D eigenvalue weighted by molar-refractivity contribution is 5.96. The summed E-state index contributed by atoms with van der Waals surface area (Å²) in [6, 6.07) is 13.0. The van der Waals surface area contributed by atoms with Crippen LogP contribution >= 0.6 is 0 Å². The molecule has 2 saturated heterocycles. The van der Waals surface area contributed by atoms with Crippen LogP contribution in [0.1, 0.15) is 45.5 Å². The second-order valence-electron chi connectivity index (χ2n) is 10.4. The number of fused-ring (bicyclic) bond motifs is 9. The van der Waals surface area contributed by atoms with E-state index in [1.165, 1.54) is 0 Å². The first kappa shape index (κ1) is 23.7. The van der Waals surface area contributed by atoms with Gasteiger partial charge in [-0.15, -0.1) is 5.10 Å². The maximum absolute atomic E-state index is 13.5. The summed E-state index contributed by atoms with van der Waals surface area (Å²) in [6.45, 7) is 4.87. The van der Waals surface area contributed by atoms with E-state index in [0.717, 1.165) is 17.5 Å². The van der Waals surface area contributed by atoms with Crippen LogP contribution in [0.2, 0.25) is 0 Å². The van der Waals surface area contributed by atoms with Crippen LogP contribution in [-0.4, -0.2) is 80.1 Å². The van der Waals surface area contributed by atoms with Gasteiger partial charge in [0.1, 0.15) is 11.4 Å². The Balaban J connectivity index is 1.35. The van der Waals surface area contributed by atoms with Gasteiger partial charge in [0.25, 0.3) is 11.8 Å². The van der Waals surface area contributed by atoms with E-state index in [2.05, 4.69) is 10.3 Å². The molecule has 3 aliphatic rings. The van der Waals surface area contributed by atoms with Crippen molar-refractivity contribution < 1.29 is 19.4 Å². The van der Waals surface area contributed by atoms with Crippen molar-refractivity contribution in [2.75, 3.05) is 32.8 Å². The summed E-state index contributed by atoms with van der Waals surface area (Å²) >= 11 is 0. The van der Waals surface area contributed by atoms with Crippen molar-refractivity contribution in [3.8, 4) is 17.0 Å². The number of ether oxygens (including phenoxy) is 1. The first-order valence-corrected chi connectivity index (χ1v) is 12.9. The fourth-order valence-electron chi connectivity index (χ4n) is 5.69. The zero-order valence-corrected chi connectivity index (χ0v) is 21.0. The van der Waals surface area contributed by atoms with Gasteiger partial charge in [0.15, 0.2) is 0 Å². The number of hydrogen-bond acceptors (Lipinski definition) is 6. The van der Waals surface area contributed by atoms with Gasteiger partial charge < -0.3 is 19.6 Å². The van der Waals surface area contributed by atoms with Gasteiger partial charge in [0.05, 0.1) is 18.4 Å². The Kier molecular flexibility index (Phi) is 5.95. The minimum Gasteiger partial charge on any atom is -0.493 e. The number of rotatable bonds is 0. The highest BCUT2D eigenvalue weighted by Crippen LogP contribution is 2.37. The number of aryl methyl sites for hydroxylation is 2. The first-order valence-electron chi connectivity index (χ1n) is 12.9. The van der Waals surface area contributed by atoms with E-state index in [-0.39, 0.29) is 17.7 Å². The minimum absolute atomic E-state index is 0.0746. The minimum atomic E-state index is -0.869. The van der Waals surface area contributed by atoms with Crippen molar-refractivity contribution in [3.63, 3.8) is 0 Å². The lowest BCUT2D eigenvalue weighted by Gasteiger charge is -2.50. The fraction of sp³-hybridized carbons (Fsp3) is 0.429. The van der Waals surface area contributed by atoms with Crippen LogP contribution in [-0.2, 0) is 6.54 Å². The van der Waals surface area contributed by atoms with Gasteiger partial charge >= 0.3 is 0 Å². The van der Waals surface area contributed by atoms with Gasteiger partial charge in [-0.2, -0.15) is 0 Å². The normalized spacial score (nSPS) is 24.1. The molecule has 0 spiro atoms. The van der Waals surface area contributed by atoms with Crippen molar-refractivity contribution in [3.05, 3.63) is 65.4 Å². The van der Waals surface area contributed by atoms with Crippen molar-refractivity contribution in [2.45, 2.75) is 38.3 Å². The quantitative estimate of drug-likeness (QED) is 0.509. The lowest BCUT2D eigenvalue weighted by molar-refractivity contribution is -0.101. The molecule has 2 aromatic carbocycles. The van der Waals surface area contributed by atoms with Crippen molar-refractivity contribution in [2.24, 2.45) is 5.92 Å². The molecule has 192 valence electrons. The molecule has 9 heteroatoms. The molecule has 0 aliphatic carbocycles. The van der Waals surface area contributed by atoms with E-state index in [1.807, 2.05) is 55.6 Å². The van der Waals surface area contributed by atoms with Gasteiger partial charge in [-0.05, 0) is 49.6 Å². The monoisotopic (exact) mass is 501 g/mol. The van der Waals surface area contributed by atoms with Gasteiger partial charge in [0, 0.05) is 61.8 Å². The molecule has 1 N–H and O–H groups in total. The molecule has 6 rings (SSSR count). The first-order chi connectivity index (χ1) is 17.9. The van der Waals surface area contributed by atoms with Crippen LogP contribution in [0.4, 0.5) is 0 Å². The standard InChI is InChI=1S/C28H31N5O4/c1-19-6-7-22-15-25(19)37-13-3-10-33-18-24(29-30-33)20-4-2-5-21(14-20)26(34)31-11-8-28(36)9-12-32(27(22)35)17-23(28)16-31/h2,4-7,14-15,18,23,36H,3,8-13,16-17H2,1H3/t23-,28-/m0/s1. The topological polar surface area (TPSA) is 101 Å². The molecule has 9 bridgehead atoms. The number of aliphatic hydroxyl groups is 1. The third-order valence-corrected chi connectivity index (χ3v) is 8.01. The molecule has 4 heterocycles. The van der Waals surface area contributed by atoms with Crippen molar-refractivity contribution in [1.29, 1.82) is 0 Å². The third-order valence-electron chi connectivity index (χ3n) is 8.01. The van der Waals surface area contributed by atoms with Crippen LogP contribution in [0.3, 0.4) is 0 Å². The summed E-state index contributed by atoms with van der Waals surface area (Å²) in [7, 11) is 0. The van der Waals surface area contributed by atoms with Gasteiger partial charge in [-0.3, -0.25) is 14.3 Å². The Morgan fingerprint density at radius 1 is 0.946 bits per heavy atom. The van der Waals surface area contributed by atoms with Crippen LogP contribution in [0.15, 0.2) is 48.7 Å². The Morgan fingerprint density at radius 2 is 1.65 bits per heavy atom. The molecule has 1 aromatic heterocycles. The number of aromatic nitrogens is 3. The zero-order valence-electron chi connectivity index (χ0n) is 21.0. The van der Waals surface area contributed by atoms with Crippen molar-refractivity contribution >= 4 is 11.8 Å². The molecule has 2 atom stereocenters. The molecular formula is C28H31N5O4. The molecule has 2 fully saturated rings. The van der Waals surface area contributed by atoms with Crippen molar-refractivity contribution in [1.82, 2.24) is 24.8 Å². The van der Waals surface area contributed by atoms with Crippen LogP contribution in [0, 0.1) is 12.8 Å². The molecular weight excluding hydrogens is 470 g/mol. The highest BCUT2D eigenvalue weighted by Gasteiger charge is 2.47. The smallest absolute Gasteiger partial charge is 0.254 e. The Morgan fingerprint density at radius 3 is 2.41 bits per heavy atom. The Labute approximate surface area is 215 Å². The fourth-order valence-corrected chi connectivity index (χ4v) is 5.69. The molecule has 3 aromatic rings. The van der Waals surface area contributed by atoms with Gasteiger partial charge in [0.2, 0.25) is 0 Å². The summed E-state index contributed by atoms with van der Waals surface area (Å²) in [5, 5.41) is 19.9. The number of carbonyl (C=O) groups is 2. The molecule has 2 amide bonds. The van der Waals surface area contributed by atoms with Crippen LogP contribution in [0.5, 0.6) is 5.75 Å². The van der Waals surface area contributed by atoms with E-state index < -0.39 is 5.60 Å². The van der Waals surface area contributed by atoms with Crippen LogP contribution < -0.4 is 4.74 Å². The summed E-state index contributed by atoms with van der Waals surface area (Å²) in [5.74, 6) is 0.333. The lowest BCUT2D eigenvalue weighted by atomic mass is 9.75. The maximum atomic E-state index is 13.5. The largest absolute Gasteiger partial charge is 0.493 e. The molecule has 0 unspecified atom stereocenters. The van der Waals surface area contributed by atoms with E-state index in [4.69, 9.17) is 4.74 Å². The Hall–Kier alpha value is -3.72. The zero-order chi connectivity index (χ0) is 25.6. The Bertz CT molecular complexity index is 1350. The average molecular weight is 502 g/mol. The summed E-state index contributed by atoms with van der Waals surface area (Å²) in [5.41, 5.74) is 2.79. The molecule has 9 nitrogen and oxygen atoms in total. The third kappa shape index (κ3) is 4.48. The highest BCUT2D eigenvalue weighted by atomic mass is 16.5. The SMILES string of the molecule is Cc1ccc2cc1OCCCn1cc(nn1)-c1cccc(c1)C(=O)N1CC[C@]3(O)CCN(C[C@@H]3C1)C2=O. The summed E-state index contributed by atoms with van der Waals surface area (Å²) in [4.78, 5) is 30.6. The molecule has 0 saturated carbocycles. The average Bonchev–Trinajstić information content (AvgIpc) is 3.39. The molecule has 37 heavy (non-hydrogen) atoms. The second kappa shape index (κ2) is 9.30. The predicted octanol–water partition coefficient (Wildman–Crippen LogP) is 2.78. The maximum Gasteiger partial charge on any atom is 0.254 e. The number of amides is 2. The second-order valence-corrected chi connectivity index (χ2v) is 10.4. The summed E-state index contributed by atoms with van der Waals surface area (Å²) in [6.07, 6.45) is 3.61. The van der Waals surface area contributed by atoms with E-state index in [9.17, 15) is 14.7 Å². The number of carbonyl (C=O) groups excluding carboxylic acids is 2. The number of benzene rings is 2. The predicted molar refractivity (Wildman–Crippen MR) is 136 cm³/mol. The number of piperidine rings is 2. The van der Waals surface area contributed by atoms with Gasteiger partial charge in [-0.25, -0.2) is 0 Å². The number of hydrogen-bond donors (Lipinski definition) is 1. The van der Waals surface area contributed by atoms with E-state index >= 15 is 0 Å². The molecule has 0 radical (unpaired) electrons.